The quantitative estimate of drug-likeness (QED) is 0.394. The van der Waals surface area contributed by atoms with Crippen LogP contribution in [0.15, 0.2) is 55.8 Å². The lowest BCUT2D eigenvalue weighted by Crippen LogP contribution is -2.21. The van der Waals surface area contributed by atoms with Gasteiger partial charge in [0.15, 0.2) is 0 Å². The van der Waals surface area contributed by atoms with E-state index in [1.165, 1.54) is 16.5 Å². The summed E-state index contributed by atoms with van der Waals surface area (Å²) in [5.74, 6) is 0. The second-order valence-electron chi connectivity index (χ2n) is 6.89. The van der Waals surface area contributed by atoms with E-state index in [9.17, 15) is 4.79 Å². The normalized spacial score (nSPS) is 11.1. The van der Waals surface area contributed by atoms with Crippen molar-refractivity contribution in [2.75, 3.05) is 27.2 Å². The number of unbranched alkanes of at least 4 members (excludes halogenated alkanes) is 1. The van der Waals surface area contributed by atoms with Crippen LogP contribution in [-0.2, 0) is 18.3 Å². The highest BCUT2D eigenvalue weighted by atomic mass is 16.1. The van der Waals surface area contributed by atoms with Crippen LogP contribution >= 0.6 is 0 Å². The predicted octanol–water partition coefficient (Wildman–Crippen LogP) is 3.28. The SMILES string of the molecule is C=CC=C.CN(C)CCc1cn(C)c2ccccc12.NCCCCC(N)C=O. The molecule has 1 aromatic heterocycles. The maximum absolute atomic E-state index is 9.94. The van der Waals surface area contributed by atoms with Crippen LogP contribution in [0.4, 0.5) is 0 Å². The van der Waals surface area contributed by atoms with Gasteiger partial charge >= 0.3 is 0 Å². The minimum atomic E-state index is -0.281. The van der Waals surface area contributed by atoms with Crippen molar-refractivity contribution in [3.63, 3.8) is 0 Å². The number of allylic oxidation sites excluding steroid dienone is 2. The maximum atomic E-state index is 9.94. The number of carbonyl (C=O) groups excluding carboxylic acids is 1. The van der Waals surface area contributed by atoms with Crippen LogP contribution in [0.5, 0.6) is 0 Å². The Kier molecular flexibility index (Phi) is 14.6. The molecule has 0 amide bonds. The molecule has 0 aliphatic carbocycles. The maximum Gasteiger partial charge on any atom is 0.136 e. The van der Waals surface area contributed by atoms with Gasteiger partial charge in [0, 0.05) is 30.7 Å². The number of aromatic nitrogens is 1. The van der Waals surface area contributed by atoms with Gasteiger partial charge in [-0.2, -0.15) is 0 Å². The first-order valence-electron chi connectivity index (χ1n) is 9.73. The largest absolute Gasteiger partial charge is 0.350 e. The first kappa shape index (κ1) is 25.8. The molecule has 1 aromatic carbocycles. The van der Waals surface area contributed by atoms with Crippen molar-refractivity contribution in [2.24, 2.45) is 18.5 Å². The van der Waals surface area contributed by atoms with E-state index in [1.807, 2.05) is 0 Å². The number of rotatable bonds is 9. The Morgan fingerprint density at radius 2 is 1.82 bits per heavy atom. The van der Waals surface area contributed by atoms with Crippen LogP contribution in [-0.4, -0.2) is 49.0 Å². The molecule has 0 radical (unpaired) electrons. The zero-order chi connectivity index (χ0) is 21.4. The molecular formula is C23H38N4O. The number of aryl methyl sites for hydroxylation is 1. The molecule has 0 fully saturated rings. The first-order valence-corrected chi connectivity index (χ1v) is 9.73. The summed E-state index contributed by atoms with van der Waals surface area (Å²) in [6, 6.07) is 8.31. The summed E-state index contributed by atoms with van der Waals surface area (Å²) in [4.78, 5) is 12.2. The van der Waals surface area contributed by atoms with Crippen molar-refractivity contribution in [1.82, 2.24) is 9.47 Å². The number of benzene rings is 1. The molecule has 1 atom stereocenters. The molecular weight excluding hydrogens is 348 g/mol. The molecule has 0 spiro atoms. The highest BCUT2D eigenvalue weighted by Crippen LogP contribution is 2.20. The third-order valence-corrected chi connectivity index (χ3v) is 4.14. The summed E-state index contributed by atoms with van der Waals surface area (Å²) in [7, 11) is 6.34. The fourth-order valence-electron chi connectivity index (χ4n) is 2.56. The average molecular weight is 387 g/mol. The zero-order valence-corrected chi connectivity index (χ0v) is 17.8. The summed E-state index contributed by atoms with van der Waals surface area (Å²) in [5.41, 5.74) is 13.3. The fraction of sp³-hybridized carbons (Fsp3) is 0.435. The van der Waals surface area contributed by atoms with Gasteiger partial charge in [-0.05, 0) is 51.5 Å². The standard InChI is InChI=1S/C13H18N2.C6H14N2O.C4H6/c1-14(2)9-8-11-10-15(3)13-7-5-4-6-12(11)13;7-4-2-1-3-6(8)5-9;1-3-4-2/h4-7,10H,8-9H2,1-3H3;5-6H,1-4,7-8H2;3-4H,1-2H2. The van der Waals surface area contributed by atoms with Gasteiger partial charge in [0.25, 0.3) is 0 Å². The number of fused-ring (bicyclic) bond motifs is 1. The lowest BCUT2D eigenvalue weighted by molar-refractivity contribution is -0.109. The molecule has 0 bridgehead atoms. The van der Waals surface area contributed by atoms with Crippen molar-refractivity contribution in [2.45, 2.75) is 31.7 Å². The number of nitrogens with two attached hydrogens (primary N) is 2. The summed E-state index contributed by atoms with van der Waals surface area (Å²) in [6.07, 6.45) is 10.1. The zero-order valence-electron chi connectivity index (χ0n) is 17.8. The Labute approximate surface area is 170 Å². The van der Waals surface area contributed by atoms with Gasteiger partial charge in [0.1, 0.15) is 6.29 Å². The first-order chi connectivity index (χ1) is 13.4. The molecule has 28 heavy (non-hydrogen) atoms. The topological polar surface area (TPSA) is 77.3 Å². The van der Waals surface area contributed by atoms with Crippen LogP contribution in [0.25, 0.3) is 10.9 Å². The number of hydrogen-bond acceptors (Lipinski definition) is 4. The van der Waals surface area contributed by atoms with E-state index in [-0.39, 0.29) is 6.04 Å². The Morgan fingerprint density at radius 3 is 2.36 bits per heavy atom. The Bertz CT molecular complexity index is 685. The minimum absolute atomic E-state index is 0.281. The van der Waals surface area contributed by atoms with Gasteiger partial charge in [0.2, 0.25) is 0 Å². The van der Waals surface area contributed by atoms with Crippen LogP contribution in [0, 0.1) is 0 Å². The molecule has 156 valence electrons. The minimum Gasteiger partial charge on any atom is -0.350 e. The van der Waals surface area contributed by atoms with Crippen molar-refractivity contribution in [1.29, 1.82) is 0 Å². The van der Waals surface area contributed by atoms with Crippen molar-refractivity contribution < 1.29 is 4.79 Å². The third kappa shape index (κ3) is 10.8. The van der Waals surface area contributed by atoms with Gasteiger partial charge in [-0.1, -0.05) is 49.9 Å². The summed E-state index contributed by atoms with van der Waals surface area (Å²) >= 11 is 0. The van der Waals surface area contributed by atoms with Crippen molar-refractivity contribution in [3.8, 4) is 0 Å². The highest BCUT2D eigenvalue weighted by molar-refractivity contribution is 5.83. The number of para-hydroxylation sites is 1. The van der Waals surface area contributed by atoms with E-state index >= 15 is 0 Å². The molecule has 0 aliphatic rings. The van der Waals surface area contributed by atoms with Crippen LogP contribution < -0.4 is 11.5 Å². The van der Waals surface area contributed by atoms with Crippen LogP contribution in [0.2, 0.25) is 0 Å². The van der Waals surface area contributed by atoms with E-state index < -0.39 is 0 Å². The average Bonchev–Trinajstić information content (AvgIpc) is 3.03. The van der Waals surface area contributed by atoms with E-state index in [4.69, 9.17) is 11.5 Å². The monoisotopic (exact) mass is 386 g/mol. The Balaban J connectivity index is 0.000000480. The van der Waals surface area contributed by atoms with Gasteiger partial charge in [0.05, 0.1) is 6.04 Å². The number of hydrogen-bond donors (Lipinski definition) is 2. The van der Waals surface area contributed by atoms with E-state index in [0.717, 1.165) is 38.5 Å². The van der Waals surface area contributed by atoms with Gasteiger partial charge in [-0.25, -0.2) is 0 Å². The molecule has 2 rings (SSSR count). The van der Waals surface area contributed by atoms with Gasteiger partial charge in [-0.3, -0.25) is 0 Å². The van der Waals surface area contributed by atoms with E-state index in [1.54, 1.807) is 12.2 Å². The van der Waals surface area contributed by atoms with Crippen molar-refractivity contribution >= 4 is 17.2 Å². The van der Waals surface area contributed by atoms with Crippen LogP contribution in [0.3, 0.4) is 0 Å². The molecule has 0 saturated carbocycles. The van der Waals surface area contributed by atoms with Gasteiger partial charge < -0.3 is 25.7 Å². The van der Waals surface area contributed by atoms with E-state index in [0.29, 0.717) is 6.54 Å². The molecule has 1 heterocycles. The Morgan fingerprint density at radius 1 is 1.18 bits per heavy atom. The molecule has 2 aromatic rings. The van der Waals surface area contributed by atoms with E-state index in [2.05, 4.69) is 74.2 Å². The molecule has 0 saturated heterocycles. The molecule has 1 unspecified atom stereocenters. The summed E-state index contributed by atoms with van der Waals surface area (Å²) < 4.78 is 2.21. The number of aldehydes is 1. The molecule has 5 nitrogen and oxygen atoms in total. The Hall–Kier alpha value is -2.21. The molecule has 0 aliphatic heterocycles. The highest BCUT2D eigenvalue weighted by Gasteiger charge is 2.05. The number of likely N-dealkylation sites (N-methyl/N-ethyl adjacent to an activating group) is 1. The predicted molar refractivity (Wildman–Crippen MR) is 123 cm³/mol. The molecule has 4 N–H and O–H groups in total. The second kappa shape index (κ2) is 15.8. The third-order valence-electron chi connectivity index (χ3n) is 4.14. The second-order valence-corrected chi connectivity index (χ2v) is 6.89. The van der Waals surface area contributed by atoms with Crippen LogP contribution in [0.1, 0.15) is 24.8 Å². The number of nitrogens with zero attached hydrogens (tertiary/aromatic N) is 2. The summed E-state index contributed by atoms with van der Waals surface area (Å²) in [6.45, 7) is 8.51. The number of carbonyl (C=O) groups is 1. The lowest BCUT2D eigenvalue weighted by Gasteiger charge is -2.07. The van der Waals surface area contributed by atoms with Gasteiger partial charge in [-0.15, -0.1) is 0 Å². The fourth-order valence-corrected chi connectivity index (χ4v) is 2.56. The summed E-state index contributed by atoms with van der Waals surface area (Å²) in [5, 5.41) is 1.39. The van der Waals surface area contributed by atoms with Crippen molar-refractivity contribution in [3.05, 3.63) is 61.3 Å². The smallest absolute Gasteiger partial charge is 0.136 e. The lowest BCUT2D eigenvalue weighted by atomic mass is 10.1. The molecule has 5 heteroatoms.